The number of urea groups is 1. The molecule has 0 spiro atoms. The molecule has 2 aromatic carbocycles. The van der Waals surface area contributed by atoms with Crippen molar-refractivity contribution >= 4 is 23.7 Å². The Morgan fingerprint density at radius 1 is 0.889 bits per heavy atom. The molecule has 0 bridgehead atoms. The topological polar surface area (TPSA) is 93.2 Å². The number of likely N-dealkylation sites (N-methyl/N-ethyl adjacent to an activating group) is 1. The second-order valence-corrected chi connectivity index (χ2v) is 11.6. The minimum Gasteiger partial charge on any atom is -0.465 e. The number of amides is 4. The molecular weight excluding hydrogens is 613 g/mol. The average Bonchev–Trinajstić information content (AvgIpc) is 3.43. The number of anilines is 1. The van der Waals surface area contributed by atoms with Crippen LogP contribution in [0.1, 0.15) is 48.3 Å². The van der Waals surface area contributed by atoms with Crippen molar-refractivity contribution in [2.45, 2.75) is 50.0 Å². The van der Waals surface area contributed by atoms with Gasteiger partial charge in [-0.15, -0.1) is 0 Å². The van der Waals surface area contributed by atoms with Crippen LogP contribution in [0.4, 0.5) is 46.0 Å². The quantitative estimate of drug-likeness (QED) is 0.355. The second kappa shape index (κ2) is 13.1. The zero-order valence-electron chi connectivity index (χ0n) is 24.5. The molecule has 2 N–H and O–H groups in total. The van der Waals surface area contributed by atoms with Crippen molar-refractivity contribution in [1.82, 2.24) is 15.1 Å². The molecule has 8 nitrogen and oxygen atoms in total. The van der Waals surface area contributed by atoms with Crippen molar-refractivity contribution < 1.29 is 50.2 Å². The van der Waals surface area contributed by atoms with Crippen LogP contribution in [0, 0.1) is 17.7 Å². The molecule has 2 aliphatic rings. The first kappa shape index (κ1) is 33.8. The summed E-state index contributed by atoms with van der Waals surface area (Å²) in [5, 5.41) is 11.2. The number of carbonyl (C=O) groups excluding carboxylic acids is 2. The van der Waals surface area contributed by atoms with Crippen LogP contribution in [0.3, 0.4) is 0 Å². The number of carboxylic acid groups (broad SMARTS) is 1. The van der Waals surface area contributed by atoms with E-state index in [1.165, 1.54) is 36.2 Å². The van der Waals surface area contributed by atoms with Crippen molar-refractivity contribution in [2.24, 2.45) is 11.8 Å². The van der Waals surface area contributed by atoms with Crippen LogP contribution in [0.25, 0.3) is 0 Å². The normalized spacial score (nSPS) is 22.2. The zero-order chi connectivity index (χ0) is 33.3. The lowest BCUT2D eigenvalue weighted by molar-refractivity contribution is -0.143. The molecule has 4 amide bonds. The van der Waals surface area contributed by atoms with Gasteiger partial charge in [0.2, 0.25) is 5.91 Å². The van der Waals surface area contributed by atoms with Gasteiger partial charge in [0, 0.05) is 51.3 Å². The van der Waals surface area contributed by atoms with Gasteiger partial charge in [-0.2, -0.15) is 26.3 Å². The molecule has 45 heavy (non-hydrogen) atoms. The summed E-state index contributed by atoms with van der Waals surface area (Å²) in [5.74, 6) is -1.45. The number of likely N-dealkylation sites (tertiary alicyclic amines) is 1. The summed E-state index contributed by atoms with van der Waals surface area (Å²) >= 11 is 0. The fourth-order valence-corrected chi connectivity index (χ4v) is 6.12. The molecule has 2 fully saturated rings. The van der Waals surface area contributed by atoms with Crippen molar-refractivity contribution in [1.29, 1.82) is 0 Å². The average molecular weight is 647 g/mol. The molecule has 1 aliphatic carbocycles. The smallest absolute Gasteiger partial charge is 0.416 e. The van der Waals surface area contributed by atoms with Gasteiger partial charge in [-0.25, -0.2) is 14.0 Å². The Labute approximate surface area is 254 Å². The Bertz CT molecular complexity index is 1360. The lowest BCUT2D eigenvalue weighted by Crippen LogP contribution is -2.48. The Kier molecular flexibility index (Phi) is 9.88. The molecule has 1 aliphatic heterocycles. The first-order chi connectivity index (χ1) is 21.0. The van der Waals surface area contributed by atoms with Gasteiger partial charge in [-0.05, 0) is 67.5 Å². The standard InChI is InChI=1S/C30H33F7N4O4/c1-39(23-12-20(29(32,33)34)11-21(13-23)30(35,36)37)28(45)40(2)25-16-41(15-24(25)18-7-9-22(31)10-8-18)26(42)19-5-3-17(4-6-19)14-38-27(43)44/h7-13,17,19,24-25,38H,3-6,14-16H2,1-2H3,(H,43,44)/t17-,19-,24-,25+/m0/s1. The van der Waals surface area contributed by atoms with E-state index < -0.39 is 59.1 Å². The Balaban J connectivity index is 1.56. The van der Waals surface area contributed by atoms with E-state index in [-0.39, 0.29) is 43.4 Å². The van der Waals surface area contributed by atoms with E-state index in [0.717, 1.165) is 7.05 Å². The summed E-state index contributed by atoms with van der Waals surface area (Å²) in [4.78, 5) is 41.4. The molecule has 246 valence electrons. The highest BCUT2D eigenvalue weighted by Crippen LogP contribution is 2.39. The maximum Gasteiger partial charge on any atom is 0.416 e. The molecule has 2 aromatic rings. The fourth-order valence-electron chi connectivity index (χ4n) is 6.12. The summed E-state index contributed by atoms with van der Waals surface area (Å²) in [6, 6.07) is 4.72. The summed E-state index contributed by atoms with van der Waals surface area (Å²) in [5.41, 5.74) is -3.15. The second-order valence-electron chi connectivity index (χ2n) is 11.6. The number of nitrogens with zero attached hydrogens (tertiary/aromatic N) is 3. The number of nitrogens with one attached hydrogen (secondary N) is 1. The van der Waals surface area contributed by atoms with Crippen LogP contribution in [0.2, 0.25) is 0 Å². The third-order valence-electron chi connectivity index (χ3n) is 8.68. The number of carbonyl (C=O) groups is 3. The lowest BCUT2D eigenvalue weighted by Gasteiger charge is -2.33. The van der Waals surface area contributed by atoms with E-state index in [1.54, 1.807) is 4.90 Å². The van der Waals surface area contributed by atoms with Gasteiger partial charge >= 0.3 is 24.5 Å². The van der Waals surface area contributed by atoms with Crippen LogP contribution in [0.15, 0.2) is 42.5 Å². The van der Waals surface area contributed by atoms with E-state index in [2.05, 4.69) is 5.32 Å². The molecule has 15 heteroatoms. The van der Waals surface area contributed by atoms with E-state index in [1.807, 2.05) is 0 Å². The molecule has 0 unspecified atom stereocenters. The molecule has 4 rings (SSSR count). The van der Waals surface area contributed by atoms with E-state index in [0.29, 0.717) is 48.3 Å². The van der Waals surface area contributed by atoms with E-state index in [9.17, 15) is 45.1 Å². The van der Waals surface area contributed by atoms with Gasteiger partial charge in [0.1, 0.15) is 5.82 Å². The summed E-state index contributed by atoms with van der Waals surface area (Å²) in [6.45, 7) is 0.470. The van der Waals surface area contributed by atoms with Crippen molar-refractivity contribution in [2.75, 3.05) is 38.6 Å². The molecule has 1 heterocycles. The highest BCUT2D eigenvalue weighted by Gasteiger charge is 2.43. The Morgan fingerprint density at radius 2 is 1.44 bits per heavy atom. The molecular formula is C30H33F7N4O4. The number of hydrogen-bond acceptors (Lipinski definition) is 3. The number of rotatable bonds is 6. The minimum absolute atomic E-state index is 0.0211. The van der Waals surface area contributed by atoms with E-state index >= 15 is 0 Å². The largest absolute Gasteiger partial charge is 0.465 e. The van der Waals surface area contributed by atoms with Gasteiger partial charge in [-0.1, -0.05) is 12.1 Å². The van der Waals surface area contributed by atoms with Crippen molar-refractivity contribution in [3.63, 3.8) is 0 Å². The minimum atomic E-state index is -5.10. The van der Waals surface area contributed by atoms with Crippen LogP contribution >= 0.6 is 0 Å². The number of hydrogen-bond donors (Lipinski definition) is 2. The molecule has 0 radical (unpaired) electrons. The van der Waals surface area contributed by atoms with Gasteiger partial charge in [0.05, 0.1) is 17.2 Å². The van der Waals surface area contributed by atoms with Crippen LogP contribution in [-0.2, 0) is 17.1 Å². The van der Waals surface area contributed by atoms with Gasteiger partial charge in [0.25, 0.3) is 0 Å². The van der Waals surface area contributed by atoms with Gasteiger partial charge in [0.15, 0.2) is 0 Å². The third kappa shape index (κ3) is 7.98. The van der Waals surface area contributed by atoms with Crippen molar-refractivity contribution in [3.8, 4) is 0 Å². The SMILES string of the molecule is CN(C(=O)N(C)[C@@H]1CN(C(=O)[C@H]2CC[C@H](CNC(=O)O)CC2)C[C@H]1c1ccc(F)cc1)c1cc(C(F)(F)F)cc(C(F)(F)F)c1. The monoisotopic (exact) mass is 646 g/mol. The first-order valence-corrected chi connectivity index (χ1v) is 14.3. The summed E-state index contributed by atoms with van der Waals surface area (Å²) in [7, 11) is 2.42. The predicted octanol–water partition coefficient (Wildman–Crippen LogP) is 6.42. The number of alkyl halides is 6. The number of halogens is 7. The van der Waals surface area contributed by atoms with Crippen LogP contribution in [0.5, 0.6) is 0 Å². The van der Waals surface area contributed by atoms with E-state index in [4.69, 9.17) is 5.11 Å². The first-order valence-electron chi connectivity index (χ1n) is 14.3. The maximum atomic E-state index is 13.7. The Hall–Kier alpha value is -4.04. The van der Waals surface area contributed by atoms with Crippen LogP contribution in [-0.4, -0.2) is 72.7 Å². The lowest BCUT2D eigenvalue weighted by atomic mass is 9.81. The van der Waals surface area contributed by atoms with Gasteiger partial charge in [-0.3, -0.25) is 9.69 Å². The predicted molar refractivity (Wildman–Crippen MR) is 149 cm³/mol. The van der Waals surface area contributed by atoms with Crippen LogP contribution < -0.4 is 10.2 Å². The number of benzene rings is 2. The summed E-state index contributed by atoms with van der Waals surface area (Å²) < 4.78 is 94.5. The Morgan fingerprint density at radius 3 is 1.96 bits per heavy atom. The molecule has 0 aromatic heterocycles. The fraction of sp³-hybridized carbons (Fsp3) is 0.500. The third-order valence-corrected chi connectivity index (χ3v) is 8.68. The molecule has 2 atom stereocenters. The highest BCUT2D eigenvalue weighted by atomic mass is 19.4. The zero-order valence-corrected chi connectivity index (χ0v) is 24.5. The molecule has 1 saturated heterocycles. The van der Waals surface area contributed by atoms with Crippen molar-refractivity contribution in [3.05, 3.63) is 65.0 Å². The summed E-state index contributed by atoms with van der Waals surface area (Å²) in [6.07, 6.45) is -9.00. The maximum absolute atomic E-state index is 13.7. The molecule has 1 saturated carbocycles. The highest BCUT2D eigenvalue weighted by molar-refractivity contribution is 5.92. The van der Waals surface area contributed by atoms with Gasteiger partial charge < -0.3 is 20.2 Å².